The van der Waals surface area contributed by atoms with Gasteiger partial charge in [-0.3, -0.25) is 0 Å². The molecular weight excluding hydrogens is 1770 g/mol. The Morgan fingerprint density at radius 2 is 0.308 bits per heavy atom. The minimum absolute atomic E-state index is 1.11. The second kappa shape index (κ2) is 35.4. The molecule has 0 aliphatic rings. The van der Waals surface area contributed by atoms with Gasteiger partial charge in [-0.15, -0.1) is 0 Å². The Hall–Kier alpha value is -19.5. The van der Waals surface area contributed by atoms with Crippen LogP contribution in [-0.4, -0.2) is 32.0 Å². The topological polar surface area (TPSA) is 37.8 Å². The Morgan fingerprint density at radius 3 is 0.616 bits per heavy atom. The number of hydrogen-bond donors (Lipinski definition) is 0. The van der Waals surface area contributed by atoms with Crippen molar-refractivity contribution in [1.82, 2.24) is 32.0 Å². The Balaban J connectivity index is 0.000000106. The summed E-state index contributed by atoms with van der Waals surface area (Å²) in [6, 6.07) is 202. The molecule has 684 valence electrons. The summed E-state index contributed by atoms with van der Waals surface area (Å²) in [4.78, 5) is 2.31. The third-order valence-electron chi connectivity index (χ3n) is 29.6. The highest BCUT2D eigenvalue weighted by molar-refractivity contribution is 6.31. The highest BCUT2D eigenvalue weighted by atomic mass is 15.1. The van der Waals surface area contributed by atoms with Crippen molar-refractivity contribution in [3.63, 3.8) is 0 Å². The molecule has 0 radical (unpaired) electrons. The molecule has 0 spiro atoms. The largest absolute Gasteiger partial charge is 0.311 e. The van der Waals surface area contributed by atoms with Gasteiger partial charge in [-0.05, 0) is 245 Å². The highest BCUT2D eigenvalue weighted by Crippen LogP contribution is 2.49. The van der Waals surface area contributed by atoms with Crippen LogP contribution in [-0.2, 0) is 0 Å². The van der Waals surface area contributed by atoms with Crippen molar-refractivity contribution in [1.29, 1.82) is 0 Å². The third-order valence-corrected chi connectivity index (χ3v) is 29.6. The number of aromatic nitrogens is 7. The molecule has 0 bridgehead atoms. The van der Waals surface area contributed by atoms with Gasteiger partial charge in [0.15, 0.2) is 0 Å². The van der Waals surface area contributed by atoms with Gasteiger partial charge in [0.2, 0.25) is 0 Å². The quantitative estimate of drug-likeness (QED) is 0.107. The van der Waals surface area contributed by atoms with E-state index in [2.05, 4.69) is 595 Å². The molecule has 23 aromatic carbocycles. The van der Waals surface area contributed by atoms with Crippen LogP contribution in [0.15, 0.2) is 558 Å². The lowest BCUT2D eigenvalue weighted by Gasteiger charge is -2.25. The minimum Gasteiger partial charge on any atom is -0.311 e. The molecule has 30 rings (SSSR count). The van der Waals surface area contributed by atoms with Gasteiger partial charge in [-0.25, -0.2) is 0 Å². The van der Waals surface area contributed by atoms with Crippen LogP contribution in [0.4, 0.5) is 17.1 Å². The summed E-state index contributed by atoms with van der Waals surface area (Å²) < 4.78 is 17.0. The number of anilines is 3. The van der Waals surface area contributed by atoms with Gasteiger partial charge in [0, 0.05) is 132 Å². The van der Waals surface area contributed by atoms with E-state index in [0.29, 0.717) is 0 Å². The Labute approximate surface area is 843 Å². The van der Waals surface area contributed by atoms with Gasteiger partial charge in [-0.1, -0.05) is 358 Å². The molecule has 0 aliphatic heterocycles. The van der Waals surface area contributed by atoms with Crippen LogP contribution in [0.3, 0.4) is 0 Å². The lowest BCUT2D eigenvalue weighted by atomic mass is 9.98. The molecule has 0 unspecified atom stereocenters. The maximum absolute atomic E-state index is 2.49. The smallest absolute Gasteiger partial charge is 0.0788 e. The first-order valence-corrected chi connectivity index (χ1v) is 50.1. The maximum Gasteiger partial charge on any atom is 0.0788 e. The Bertz CT molecular complexity index is 10100. The molecule has 0 saturated carbocycles. The van der Waals surface area contributed by atoms with Crippen molar-refractivity contribution in [3.8, 4) is 84.3 Å². The van der Waals surface area contributed by atoms with Gasteiger partial charge >= 0.3 is 0 Å². The number of rotatable bonds is 14. The molecular formula is C138H92N8. The average molecular weight is 1860 g/mol. The van der Waals surface area contributed by atoms with E-state index in [1.165, 1.54) is 197 Å². The first-order valence-electron chi connectivity index (χ1n) is 50.1. The number of fused-ring (bicyclic) bond motifs is 24. The molecule has 7 heterocycles. The van der Waals surface area contributed by atoms with E-state index in [0.717, 1.165) is 56.9 Å². The van der Waals surface area contributed by atoms with Gasteiger partial charge in [0.25, 0.3) is 0 Å². The summed E-state index contributed by atoms with van der Waals surface area (Å²) in [7, 11) is 0. The second-order valence-corrected chi connectivity index (χ2v) is 37.8. The normalized spacial score (nSPS) is 11.7. The van der Waals surface area contributed by atoms with Gasteiger partial charge in [-0.2, -0.15) is 0 Å². The summed E-state index contributed by atoms with van der Waals surface area (Å²) in [6.07, 6.45) is 0. The van der Waals surface area contributed by atoms with Crippen molar-refractivity contribution in [2.45, 2.75) is 0 Å². The summed E-state index contributed by atoms with van der Waals surface area (Å²) in [5.41, 5.74) is 38.0. The SMILES string of the molecule is c1ccc(-c2cc(-c3ccccc3)cc(-n3c4ccccc4c4ccc5c6ccccc6n(-c6ccccc6)c5c43)c2)cc1.c1ccc(-c2ccc(-n3c4ccccc4c4c5c6ccccc6n(-c6ccc(-n7c8ccccc8c8ccccc87)cc6)c5ccc43)cc2)cc1.c1ccc(-c2ccc(-n3c4ccccc4c4c5c6ccccc6n(-c6ccc(N(c7ccccc7)c7ccccc7)cc6)c5ccc43)cc2)cc1. The van der Waals surface area contributed by atoms with Gasteiger partial charge < -0.3 is 36.9 Å². The fourth-order valence-corrected chi connectivity index (χ4v) is 23.3. The monoisotopic (exact) mass is 1860 g/mol. The van der Waals surface area contributed by atoms with Crippen LogP contribution >= 0.6 is 0 Å². The Kier molecular flexibility index (Phi) is 20.5. The van der Waals surface area contributed by atoms with Crippen LogP contribution in [0.5, 0.6) is 0 Å². The lowest BCUT2D eigenvalue weighted by Crippen LogP contribution is -2.09. The number of para-hydroxylation sites is 11. The molecule has 0 fully saturated rings. The standard InChI is InChI=1S/C48H31N3.C48H33N3.C42H28N2/c1-2-12-32(13-3-1)33-22-24-34(25-23-33)50-43-20-10-6-16-39(43)47-45(50)30-31-46-48(47)40-17-7-11-21-44(40)51(46)36-28-26-35(27-29-36)49-41-18-8-4-14-37(41)38-15-5-9-19-42(38)49;1-4-14-34(15-5-1)35-24-26-39(27-25-35)50-43-22-12-10-20-41(43)47-45(50)32-33-46-48(47)42-21-11-13-23-44(42)51(46)40-30-28-38(29-31-40)49(36-16-6-2-7-17-36)37-18-8-3-9-19-37;1-4-14-29(15-5-1)31-26-32(30-16-6-2-7-17-30)28-34(27-31)44-40-23-13-11-21-36(40)38-25-24-37-35-20-10-12-22-39(35)43(41(37)42(38)44)33-18-8-3-9-19-33/h1-31H;1-33H;1-28H. The minimum atomic E-state index is 1.11. The molecule has 146 heavy (non-hydrogen) atoms. The molecule has 8 heteroatoms. The third kappa shape index (κ3) is 14.0. The van der Waals surface area contributed by atoms with E-state index in [1.807, 2.05) is 0 Å². The van der Waals surface area contributed by atoms with Crippen molar-refractivity contribution in [2.75, 3.05) is 4.90 Å². The van der Waals surface area contributed by atoms with E-state index < -0.39 is 0 Å². The number of hydrogen-bond acceptors (Lipinski definition) is 1. The van der Waals surface area contributed by atoms with E-state index in [1.54, 1.807) is 0 Å². The predicted molar refractivity (Wildman–Crippen MR) is 616 cm³/mol. The average Bonchev–Trinajstić information content (AvgIpc) is 1.38. The summed E-state index contributed by atoms with van der Waals surface area (Å²) in [6.45, 7) is 0. The fourth-order valence-electron chi connectivity index (χ4n) is 23.3. The predicted octanol–water partition coefficient (Wildman–Crippen LogP) is 36.9. The second-order valence-electron chi connectivity index (χ2n) is 37.8. The summed E-state index contributed by atoms with van der Waals surface area (Å²) in [5, 5.41) is 17.7. The molecule has 0 amide bonds. The highest BCUT2D eigenvalue weighted by Gasteiger charge is 2.28. The van der Waals surface area contributed by atoms with Gasteiger partial charge in [0.05, 0.1) is 77.2 Å². The summed E-state index contributed by atoms with van der Waals surface area (Å²) in [5.74, 6) is 0. The van der Waals surface area contributed by atoms with Crippen molar-refractivity contribution < 1.29 is 0 Å². The molecule has 0 atom stereocenters. The molecule has 30 aromatic rings. The zero-order valence-electron chi connectivity index (χ0n) is 79.7. The van der Waals surface area contributed by atoms with E-state index in [4.69, 9.17) is 0 Å². The zero-order chi connectivity index (χ0) is 96.2. The van der Waals surface area contributed by atoms with Crippen molar-refractivity contribution in [2.24, 2.45) is 0 Å². The zero-order valence-corrected chi connectivity index (χ0v) is 79.7. The summed E-state index contributed by atoms with van der Waals surface area (Å²) >= 11 is 0. The first-order chi connectivity index (χ1) is 72.5. The van der Waals surface area contributed by atoms with Crippen LogP contribution in [0.1, 0.15) is 0 Å². The molecule has 0 aliphatic carbocycles. The fraction of sp³-hybridized carbons (Fsp3) is 0. The molecule has 8 nitrogen and oxygen atoms in total. The van der Waals surface area contributed by atoms with Crippen LogP contribution in [0, 0.1) is 0 Å². The molecule has 7 aromatic heterocycles. The lowest BCUT2D eigenvalue weighted by molar-refractivity contribution is 1.14. The molecule has 0 saturated heterocycles. The Morgan fingerprint density at radius 1 is 0.110 bits per heavy atom. The van der Waals surface area contributed by atoms with E-state index in [9.17, 15) is 0 Å². The number of nitrogens with zero attached hydrogens (tertiary/aromatic N) is 8. The van der Waals surface area contributed by atoms with E-state index >= 15 is 0 Å². The van der Waals surface area contributed by atoms with E-state index in [-0.39, 0.29) is 0 Å². The van der Waals surface area contributed by atoms with Crippen LogP contribution in [0.2, 0.25) is 0 Å². The molecule has 0 N–H and O–H groups in total. The van der Waals surface area contributed by atoms with Crippen LogP contribution < -0.4 is 4.90 Å². The van der Waals surface area contributed by atoms with Crippen molar-refractivity contribution in [3.05, 3.63) is 558 Å². The van der Waals surface area contributed by atoms with Gasteiger partial charge in [0.1, 0.15) is 0 Å². The van der Waals surface area contributed by atoms with Crippen LogP contribution in [0.25, 0.3) is 237 Å². The van der Waals surface area contributed by atoms with Crippen molar-refractivity contribution >= 4 is 170 Å². The first kappa shape index (κ1) is 84.5. The number of benzene rings is 23. The maximum atomic E-state index is 2.49.